The van der Waals surface area contributed by atoms with E-state index >= 15 is 0 Å². The van der Waals surface area contributed by atoms with Crippen molar-refractivity contribution in [2.75, 3.05) is 51.8 Å². The standard InChI is InChI=1S/C32H38N6O4/c1-22-13-23(2)38(35-22)28-6-4-5-24(14-28)25(15-30(40)41-3)16-37-20-32(21-37)9-11-36(12-10-32)17-26-7-8-29-31(33-26)34-27(18-39)19-42-29/h4-8,13-14,25H,9-12,15-17,19-21H2,1-3H3,(H,33,34)/t25-/m1/s1. The molecule has 3 aliphatic heterocycles. The van der Waals surface area contributed by atoms with Gasteiger partial charge in [-0.1, -0.05) is 12.1 Å². The average molecular weight is 571 g/mol. The zero-order valence-electron chi connectivity index (χ0n) is 24.6. The topological polar surface area (TPSA) is 102 Å². The lowest BCUT2D eigenvalue weighted by Gasteiger charge is -2.55. The number of likely N-dealkylation sites (tertiary alicyclic amines) is 2. The summed E-state index contributed by atoms with van der Waals surface area (Å²) in [6.45, 7) is 9.99. The maximum Gasteiger partial charge on any atom is 0.306 e. The van der Waals surface area contributed by atoms with Crippen LogP contribution in [-0.2, 0) is 20.9 Å². The zero-order valence-corrected chi connectivity index (χ0v) is 24.6. The number of nitrogens with one attached hydrogen (secondary N) is 1. The lowest BCUT2D eigenvalue weighted by Crippen LogP contribution is -2.60. The lowest BCUT2D eigenvalue weighted by atomic mass is 9.71. The van der Waals surface area contributed by atoms with Crippen LogP contribution in [-0.4, -0.2) is 82.9 Å². The van der Waals surface area contributed by atoms with Crippen molar-refractivity contribution in [3.63, 3.8) is 0 Å². The molecule has 0 aliphatic carbocycles. The summed E-state index contributed by atoms with van der Waals surface area (Å²) in [5, 5.41) is 7.66. The van der Waals surface area contributed by atoms with Gasteiger partial charge in [-0.15, -0.1) is 0 Å². The Morgan fingerprint density at radius 3 is 2.67 bits per heavy atom. The van der Waals surface area contributed by atoms with Crippen LogP contribution < -0.4 is 10.1 Å². The molecule has 10 heteroatoms. The van der Waals surface area contributed by atoms with Gasteiger partial charge in [0, 0.05) is 37.8 Å². The van der Waals surface area contributed by atoms with E-state index in [1.807, 2.05) is 29.7 Å². The molecule has 0 bridgehead atoms. The molecule has 0 unspecified atom stereocenters. The molecular formula is C32H38N6O4. The van der Waals surface area contributed by atoms with Gasteiger partial charge in [0.1, 0.15) is 18.2 Å². The van der Waals surface area contributed by atoms with Crippen molar-refractivity contribution in [2.24, 2.45) is 5.41 Å². The Balaban J connectivity index is 1.06. The van der Waals surface area contributed by atoms with Crippen LogP contribution in [0, 0.1) is 19.3 Å². The highest BCUT2D eigenvalue weighted by Gasteiger charge is 2.45. The molecule has 42 heavy (non-hydrogen) atoms. The second-order valence-corrected chi connectivity index (χ2v) is 12.0. The third-order valence-electron chi connectivity index (χ3n) is 8.82. The quantitative estimate of drug-likeness (QED) is 0.321. The van der Waals surface area contributed by atoms with Crippen LogP contribution in [0.5, 0.6) is 5.75 Å². The van der Waals surface area contributed by atoms with Crippen LogP contribution in [0.2, 0.25) is 0 Å². The van der Waals surface area contributed by atoms with Gasteiger partial charge < -0.3 is 19.7 Å². The number of aryl methyl sites for hydroxylation is 2. The average Bonchev–Trinajstić information content (AvgIpc) is 3.33. The third-order valence-corrected chi connectivity index (χ3v) is 8.82. The monoisotopic (exact) mass is 570 g/mol. The molecule has 10 nitrogen and oxygen atoms in total. The number of fused-ring (bicyclic) bond motifs is 1. The van der Waals surface area contributed by atoms with Crippen LogP contribution in [0.1, 0.15) is 47.8 Å². The minimum atomic E-state index is -0.184. The highest BCUT2D eigenvalue weighted by molar-refractivity contribution is 5.70. The third kappa shape index (κ3) is 5.97. The van der Waals surface area contributed by atoms with Crippen molar-refractivity contribution in [3.8, 4) is 11.4 Å². The largest absolute Gasteiger partial charge is 0.483 e. The number of anilines is 1. The van der Waals surface area contributed by atoms with Crippen molar-refractivity contribution in [3.05, 3.63) is 70.8 Å². The van der Waals surface area contributed by atoms with E-state index in [0.29, 0.717) is 29.1 Å². The van der Waals surface area contributed by atoms with Crippen molar-refractivity contribution < 1.29 is 19.1 Å². The number of esters is 1. The van der Waals surface area contributed by atoms with Gasteiger partial charge in [-0.3, -0.25) is 9.69 Å². The number of carbonyl (C=O) groups is 1. The Morgan fingerprint density at radius 2 is 1.95 bits per heavy atom. The van der Waals surface area contributed by atoms with Gasteiger partial charge >= 0.3 is 5.97 Å². The zero-order chi connectivity index (χ0) is 29.3. The van der Waals surface area contributed by atoms with Gasteiger partial charge in [-0.25, -0.2) is 14.5 Å². The summed E-state index contributed by atoms with van der Waals surface area (Å²) in [7, 11) is 1.46. The van der Waals surface area contributed by atoms with E-state index in [-0.39, 0.29) is 18.5 Å². The summed E-state index contributed by atoms with van der Waals surface area (Å²) in [5.74, 6) is 2.98. The molecule has 1 aromatic carbocycles. The van der Waals surface area contributed by atoms with Crippen LogP contribution in [0.4, 0.5) is 5.82 Å². The molecule has 0 saturated carbocycles. The molecule has 2 fully saturated rings. The Morgan fingerprint density at radius 1 is 1.14 bits per heavy atom. The van der Waals surface area contributed by atoms with E-state index in [0.717, 1.165) is 80.4 Å². The minimum absolute atomic E-state index is 0.0500. The van der Waals surface area contributed by atoms with Crippen molar-refractivity contribution in [2.45, 2.75) is 45.6 Å². The number of carbonyl (C=O) groups excluding carboxylic acids is 2. The number of hydrogen-bond acceptors (Lipinski definition) is 9. The maximum absolute atomic E-state index is 12.4. The first kappa shape index (κ1) is 28.2. The molecule has 2 saturated heterocycles. The van der Waals surface area contributed by atoms with Crippen molar-refractivity contribution in [1.29, 1.82) is 0 Å². The number of hydrogen-bond donors (Lipinski definition) is 1. The molecule has 3 aromatic rings. The van der Waals surface area contributed by atoms with Gasteiger partial charge in [0.25, 0.3) is 0 Å². The summed E-state index contributed by atoms with van der Waals surface area (Å²) >= 11 is 0. The molecule has 220 valence electrons. The first-order chi connectivity index (χ1) is 20.3. The SMILES string of the molecule is COC(=O)C[C@H](CN1CC2(CCN(Cc3ccc4c(n3)NC(=C=O)CO4)CC2)C1)c1cccc(-n2nc(C)cc2C)c1. The predicted molar refractivity (Wildman–Crippen MR) is 158 cm³/mol. The number of benzene rings is 1. The molecule has 6 rings (SSSR count). The van der Waals surface area contributed by atoms with Gasteiger partial charge in [0.05, 0.1) is 30.6 Å². The van der Waals surface area contributed by atoms with E-state index in [1.54, 1.807) is 0 Å². The second-order valence-electron chi connectivity index (χ2n) is 12.0. The molecular weight excluding hydrogens is 532 g/mol. The molecule has 5 heterocycles. The van der Waals surface area contributed by atoms with E-state index in [1.165, 1.54) is 7.11 Å². The van der Waals surface area contributed by atoms with E-state index < -0.39 is 0 Å². The van der Waals surface area contributed by atoms with Crippen LogP contribution in [0.25, 0.3) is 5.69 Å². The number of ether oxygens (including phenoxy) is 2. The maximum atomic E-state index is 12.4. The molecule has 1 N–H and O–H groups in total. The predicted octanol–water partition coefficient (Wildman–Crippen LogP) is 3.65. The summed E-state index contributed by atoms with van der Waals surface area (Å²) in [5.41, 5.74) is 5.87. The first-order valence-electron chi connectivity index (χ1n) is 14.6. The minimum Gasteiger partial charge on any atom is -0.483 e. The first-order valence-corrected chi connectivity index (χ1v) is 14.6. The molecule has 1 spiro atoms. The molecule has 0 amide bonds. The van der Waals surface area contributed by atoms with Gasteiger partial charge in [0.2, 0.25) is 0 Å². The Hall–Kier alpha value is -3.98. The molecule has 1 atom stereocenters. The van der Waals surface area contributed by atoms with Crippen LogP contribution >= 0.6 is 0 Å². The fourth-order valence-electron chi connectivity index (χ4n) is 6.61. The second kappa shape index (κ2) is 11.7. The molecule has 3 aliphatic rings. The smallest absolute Gasteiger partial charge is 0.306 e. The number of pyridine rings is 1. The summed E-state index contributed by atoms with van der Waals surface area (Å²) in [6.07, 6.45) is 2.64. The van der Waals surface area contributed by atoms with E-state index in [2.05, 4.69) is 62.5 Å². The number of aromatic nitrogens is 3. The summed E-state index contributed by atoms with van der Waals surface area (Å²) in [4.78, 5) is 33.0. The fourth-order valence-corrected chi connectivity index (χ4v) is 6.61. The van der Waals surface area contributed by atoms with E-state index in [9.17, 15) is 9.59 Å². The van der Waals surface area contributed by atoms with Gasteiger partial charge in [0.15, 0.2) is 11.6 Å². The van der Waals surface area contributed by atoms with Crippen LogP contribution in [0.15, 0.2) is 48.2 Å². The summed E-state index contributed by atoms with van der Waals surface area (Å²) in [6, 6.07) is 14.4. The Bertz CT molecular complexity index is 1510. The number of piperidine rings is 1. The Kier molecular flexibility index (Phi) is 7.86. The summed E-state index contributed by atoms with van der Waals surface area (Å²) < 4.78 is 12.6. The Labute approximate surface area is 246 Å². The van der Waals surface area contributed by atoms with Gasteiger partial charge in [-0.2, -0.15) is 5.10 Å². The van der Waals surface area contributed by atoms with Crippen LogP contribution in [0.3, 0.4) is 0 Å². The number of nitrogens with zero attached hydrogens (tertiary/aromatic N) is 5. The van der Waals surface area contributed by atoms with Crippen molar-refractivity contribution >= 4 is 17.7 Å². The normalized spacial score (nSPS) is 18.8. The fraction of sp³-hybridized carbons (Fsp3) is 0.469. The highest BCUT2D eigenvalue weighted by atomic mass is 16.5. The molecule has 2 aromatic heterocycles. The van der Waals surface area contributed by atoms with Crippen molar-refractivity contribution in [1.82, 2.24) is 24.6 Å². The highest BCUT2D eigenvalue weighted by Crippen LogP contribution is 2.42. The number of rotatable bonds is 8. The van der Waals surface area contributed by atoms with E-state index in [4.69, 9.17) is 9.47 Å². The molecule has 0 radical (unpaired) electrons. The number of methoxy groups -OCH3 is 1. The van der Waals surface area contributed by atoms with Gasteiger partial charge in [-0.05, 0) is 81.1 Å². The lowest BCUT2D eigenvalue weighted by molar-refractivity contribution is -0.141.